The zero-order valence-electron chi connectivity index (χ0n) is 19.9. The van der Waals surface area contributed by atoms with E-state index in [9.17, 15) is 4.79 Å². The Morgan fingerprint density at radius 1 is 1.06 bits per heavy atom. The summed E-state index contributed by atoms with van der Waals surface area (Å²) in [7, 11) is 0. The minimum Gasteiger partial charge on any atom is -0.490 e. The van der Waals surface area contributed by atoms with Crippen LogP contribution in [0.3, 0.4) is 0 Å². The Bertz CT molecular complexity index is 862. The highest BCUT2D eigenvalue weighted by molar-refractivity contribution is 5.84. The largest absolute Gasteiger partial charge is 0.490 e. The molecule has 0 spiro atoms. The second-order valence-corrected chi connectivity index (χ2v) is 10.1. The van der Waals surface area contributed by atoms with Crippen LogP contribution in [0.5, 0.6) is 5.75 Å². The summed E-state index contributed by atoms with van der Waals surface area (Å²) in [4.78, 5) is 11.6. The van der Waals surface area contributed by atoms with Gasteiger partial charge in [-0.25, -0.2) is 0 Å². The van der Waals surface area contributed by atoms with E-state index in [1.807, 2.05) is 13.8 Å². The number of benzene rings is 2. The van der Waals surface area contributed by atoms with E-state index < -0.39 is 0 Å². The van der Waals surface area contributed by atoms with Gasteiger partial charge in [-0.05, 0) is 85.4 Å². The number of hydrogen-bond acceptors (Lipinski definition) is 4. The molecule has 4 nitrogen and oxygen atoms in total. The van der Waals surface area contributed by atoms with Crippen LogP contribution in [0.15, 0.2) is 36.4 Å². The van der Waals surface area contributed by atoms with Crippen LogP contribution in [0, 0.1) is 11.3 Å². The first-order chi connectivity index (χ1) is 14.7. The highest BCUT2D eigenvalue weighted by atomic mass is 16.5. The minimum atomic E-state index is -0.152. The number of carbonyl (C=O) groups excluding carboxylic acids is 1. The fourth-order valence-electron chi connectivity index (χ4n) is 4.53. The van der Waals surface area contributed by atoms with E-state index in [0.717, 1.165) is 31.1 Å². The van der Waals surface area contributed by atoms with Gasteiger partial charge in [0.1, 0.15) is 5.75 Å². The third-order valence-electron chi connectivity index (χ3n) is 6.51. The lowest BCUT2D eigenvalue weighted by Crippen LogP contribution is -2.30. The van der Waals surface area contributed by atoms with E-state index in [0.29, 0.717) is 24.5 Å². The molecule has 0 amide bonds. The van der Waals surface area contributed by atoms with Gasteiger partial charge in [0.25, 0.3) is 0 Å². The SMILES string of the molecule is CCOC(=O)CC(C)NCc1ccc2cc(O[C@H]3CC[C@H](C(C)(C)C)CC3)ccc2c1. The predicted octanol–water partition coefficient (Wildman–Crippen LogP) is 6.25. The molecule has 0 heterocycles. The van der Waals surface area contributed by atoms with Crippen molar-refractivity contribution in [3.8, 4) is 5.75 Å². The van der Waals surface area contributed by atoms with Crippen LogP contribution in [0.2, 0.25) is 0 Å². The van der Waals surface area contributed by atoms with Crippen molar-refractivity contribution in [1.82, 2.24) is 5.32 Å². The number of nitrogens with one attached hydrogen (secondary N) is 1. The highest BCUT2D eigenvalue weighted by Gasteiger charge is 2.30. The molecule has 1 fully saturated rings. The van der Waals surface area contributed by atoms with E-state index in [1.54, 1.807) is 0 Å². The molecule has 2 aromatic rings. The van der Waals surface area contributed by atoms with E-state index >= 15 is 0 Å². The molecular formula is C27H39NO3. The molecule has 1 saturated carbocycles. The molecule has 1 N–H and O–H groups in total. The number of fused-ring (bicyclic) bond motifs is 1. The summed E-state index contributed by atoms with van der Waals surface area (Å²) in [5, 5.41) is 5.81. The molecule has 2 aromatic carbocycles. The molecule has 4 heteroatoms. The topological polar surface area (TPSA) is 47.6 Å². The molecule has 1 unspecified atom stereocenters. The second kappa shape index (κ2) is 10.5. The van der Waals surface area contributed by atoms with Crippen LogP contribution < -0.4 is 10.1 Å². The molecule has 0 radical (unpaired) electrons. The van der Waals surface area contributed by atoms with Gasteiger partial charge in [0.05, 0.1) is 19.1 Å². The van der Waals surface area contributed by atoms with E-state index in [1.165, 1.54) is 29.2 Å². The van der Waals surface area contributed by atoms with E-state index in [2.05, 4.69) is 62.5 Å². The molecule has 1 atom stereocenters. The fourth-order valence-corrected chi connectivity index (χ4v) is 4.53. The Hall–Kier alpha value is -2.07. The summed E-state index contributed by atoms with van der Waals surface area (Å²) in [5.41, 5.74) is 1.61. The van der Waals surface area contributed by atoms with Crippen molar-refractivity contribution in [2.24, 2.45) is 11.3 Å². The smallest absolute Gasteiger partial charge is 0.307 e. The molecule has 1 aliphatic rings. The normalized spacial score (nSPS) is 20.4. The Labute approximate surface area is 187 Å². The van der Waals surface area contributed by atoms with Gasteiger partial charge in [0.2, 0.25) is 0 Å². The standard InChI is InChI=1S/C27H39NO3/c1-6-30-26(29)15-19(2)28-18-20-7-8-22-17-25(12-9-21(22)16-20)31-24-13-10-23(11-14-24)27(3,4)5/h7-9,12,16-17,19,23-24,28H,6,10-11,13-15,18H2,1-5H3/t19?,23-,24-. The fraction of sp³-hybridized carbons (Fsp3) is 0.593. The molecule has 0 aliphatic heterocycles. The van der Waals surface area contributed by atoms with Gasteiger partial charge in [-0.2, -0.15) is 0 Å². The Balaban J connectivity index is 1.54. The lowest BCUT2D eigenvalue weighted by atomic mass is 9.72. The van der Waals surface area contributed by atoms with Crippen molar-refractivity contribution < 1.29 is 14.3 Å². The van der Waals surface area contributed by atoms with Crippen molar-refractivity contribution in [2.45, 2.75) is 85.4 Å². The minimum absolute atomic E-state index is 0.0823. The van der Waals surface area contributed by atoms with Crippen LogP contribution in [0.25, 0.3) is 10.8 Å². The maximum atomic E-state index is 11.6. The van der Waals surface area contributed by atoms with E-state index in [4.69, 9.17) is 9.47 Å². The van der Waals surface area contributed by atoms with Gasteiger partial charge in [0, 0.05) is 12.6 Å². The first-order valence-electron chi connectivity index (χ1n) is 11.8. The molecule has 0 saturated heterocycles. The third-order valence-corrected chi connectivity index (χ3v) is 6.51. The zero-order chi connectivity index (χ0) is 22.4. The maximum absolute atomic E-state index is 11.6. The van der Waals surface area contributed by atoms with Crippen molar-refractivity contribution >= 4 is 16.7 Å². The van der Waals surface area contributed by atoms with Gasteiger partial charge in [0.15, 0.2) is 0 Å². The molecular weight excluding hydrogens is 386 g/mol. The number of esters is 1. The molecule has 1 aliphatic carbocycles. The maximum Gasteiger partial charge on any atom is 0.307 e. The van der Waals surface area contributed by atoms with Crippen molar-refractivity contribution in [3.05, 3.63) is 42.0 Å². The summed E-state index contributed by atoms with van der Waals surface area (Å²) < 4.78 is 11.4. The molecule has 31 heavy (non-hydrogen) atoms. The van der Waals surface area contributed by atoms with Crippen molar-refractivity contribution in [2.75, 3.05) is 6.61 Å². The molecule has 0 aromatic heterocycles. The Morgan fingerprint density at radius 3 is 2.42 bits per heavy atom. The average molecular weight is 426 g/mol. The lowest BCUT2D eigenvalue weighted by molar-refractivity contribution is -0.143. The van der Waals surface area contributed by atoms with Gasteiger partial charge in [-0.15, -0.1) is 0 Å². The van der Waals surface area contributed by atoms with Gasteiger partial charge < -0.3 is 14.8 Å². The zero-order valence-corrected chi connectivity index (χ0v) is 19.9. The van der Waals surface area contributed by atoms with Gasteiger partial charge in [-0.3, -0.25) is 4.79 Å². The monoisotopic (exact) mass is 425 g/mol. The molecule has 0 bridgehead atoms. The molecule has 170 valence electrons. The predicted molar refractivity (Wildman–Crippen MR) is 127 cm³/mol. The first-order valence-corrected chi connectivity index (χ1v) is 11.8. The summed E-state index contributed by atoms with van der Waals surface area (Å²) in [6.07, 6.45) is 5.53. The van der Waals surface area contributed by atoms with Crippen molar-refractivity contribution in [3.63, 3.8) is 0 Å². The van der Waals surface area contributed by atoms with Crippen LogP contribution >= 0.6 is 0 Å². The van der Waals surface area contributed by atoms with Crippen molar-refractivity contribution in [1.29, 1.82) is 0 Å². The van der Waals surface area contributed by atoms with E-state index in [-0.39, 0.29) is 12.0 Å². The summed E-state index contributed by atoms with van der Waals surface area (Å²) >= 11 is 0. The van der Waals surface area contributed by atoms with Crippen LogP contribution in [0.4, 0.5) is 0 Å². The average Bonchev–Trinajstić information content (AvgIpc) is 2.72. The first kappa shape index (κ1) is 23.6. The Kier molecular flexibility index (Phi) is 7.99. The molecule has 3 rings (SSSR count). The van der Waals surface area contributed by atoms with Crippen LogP contribution in [0.1, 0.15) is 72.3 Å². The summed E-state index contributed by atoms with van der Waals surface area (Å²) in [6, 6.07) is 13.0. The third kappa shape index (κ3) is 6.96. The summed E-state index contributed by atoms with van der Waals surface area (Å²) in [6.45, 7) is 12.1. The second-order valence-electron chi connectivity index (χ2n) is 10.1. The summed E-state index contributed by atoms with van der Waals surface area (Å²) in [5.74, 6) is 1.62. The Morgan fingerprint density at radius 2 is 1.74 bits per heavy atom. The number of hydrogen-bond donors (Lipinski definition) is 1. The van der Waals surface area contributed by atoms with Gasteiger partial charge in [-0.1, -0.05) is 39.0 Å². The quantitative estimate of drug-likeness (QED) is 0.508. The number of ether oxygens (including phenoxy) is 2. The lowest BCUT2D eigenvalue weighted by Gasteiger charge is -2.37. The number of rotatable bonds is 8. The van der Waals surface area contributed by atoms with Crippen LogP contribution in [-0.4, -0.2) is 24.7 Å². The highest BCUT2D eigenvalue weighted by Crippen LogP contribution is 2.39. The van der Waals surface area contributed by atoms with Gasteiger partial charge >= 0.3 is 5.97 Å². The number of carbonyl (C=O) groups is 1. The van der Waals surface area contributed by atoms with Crippen LogP contribution in [-0.2, 0) is 16.1 Å².